The molecule has 2 nitrogen and oxygen atoms in total. The smallest absolute Gasteiger partial charge is 0.0645 e. The Labute approximate surface area is 207 Å². The van der Waals surface area contributed by atoms with E-state index in [1.54, 1.807) is 0 Å². The van der Waals surface area contributed by atoms with E-state index in [1.165, 1.54) is 64.2 Å². The minimum Gasteiger partial charge on any atom is -0.307 e. The molecule has 35 heavy (non-hydrogen) atoms. The van der Waals surface area contributed by atoms with Crippen molar-refractivity contribution in [1.29, 1.82) is 0 Å². The van der Waals surface area contributed by atoms with Crippen molar-refractivity contribution in [3.8, 4) is 16.8 Å². The van der Waals surface area contributed by atoms with Gasteiger partial charge in [-0.05, 0) is 41.0 Å². The predicted octanol–water partition coefficient (Wildman–Crippen LogP) is 8.85. The van der Waals surface area contributed by atoms with Crippen molar-refractivity contribution in [2.75, 3.05) is 0 Å². The van der Waals surface area contributed by atoms with Gasteiger partial charge in [-0.15, -0.1) is 11.3 Å². The molecule has 0 bridgehead atoms. The maximum absolute atomic E-state index is 4.50. The Morgan fingerprint density at radius 2 is 1.54 bits per heavy atom. The zero-order chi connectivity index (χ0) is 23.3. The summed E-state index contributed by atoms with van der Waals surface area (Å²) in [6.45, 7) is 4.79. The summed E-state index contributed by atoms with van der Waals surface area (Å²) in [5.41, 5.74) is 9.19. The molecule has 1 aliphatic rings. The first kappa shape index (κ1) is 19.4. The Hall–Kier alpha value is -3.95. The van der Waals surface area contributed by atoms with E-state index in [0.29, 0.717) is 0 Å². The lowest BCUT2D eigenvalue weighted by molar-refractivity contribution is 0.667. The summed E-state index contributed by atoms with van der Waals surface area (Å²) in [4.78, 5) is 4.50. The van der Waals surface area contributed by atoms with Crippen LogP contribution in [0.25, 0.3) is 58.8 Å². The monoisotopic (exact) mass is 466 g/mol. The van der Waals surface area contributed by atoms with Gasteiger partial charge in [0.2, 0.25) is 0 Å². The van der Waals surface area contributed by atoms with Crippen LogP contribution >= 0.6 is 11.3 Å². The summed E-state index contributed by atoms with van der Waals surface area (Å²) in [6, 6.07) is 31.0. The van der Waals surface area contributed by atoms with Crippen molar-refractivity contribution in [3.05, 3.63) is 108 Å². The largest absolute Gasteiger partial charge is 0.307 e. The number of aromatic nitrogens is 2. The van der Waals surface area contributed by atoms with Crippen LogP contribution in [0.4, 0.5) is 0 Å². The molecule has 3 aromatic heterocycles. The van der Waals surface area contributed by atoms with Gasteiger partial charge in [-0.2, -0.15) is 0 Å². The molecule has 3 heterocycles. The van der Waals surface area contributed by atoms with Crippen LogP contribution in [0.1, 0.15) is 25.0 Å². The average Bonchev–Trinajstić information content (AvgIpc) is 3.51. The van der Waals surface area contributed by atoms with Crippen LogP contribution in [0.2, 0.25) is 0 Å². The van der Waals surface area contributed by atoms with Gasteiger partial charge < -0.3 is 4.57 Å². The number of pyridine rings is 1. The lowest BCUT2D eigenvalue weighted by Gasteiger charge is -2.23. The molecule has 0 unspecified atom stereocenters. The van der Waals surface area contributed by atoms with E-state index in [1.807, 2.05) is 29.8 Å². The fourth-order valence-corrected chi connectivity index (χ4v) is 7.71. The fourth-order valence-electron chi connectivity index (χ4n) is 6.44. The molecule has 0 spiro atoms. The molecule has 0 saturated carbocycles. The van der Waals surface area contributed by atoms with Gasteiger partial charge in [-0.3, -0.25) is 4.98 Å². The van der Waals surface area contributed by atoms with Gasteiger partial charge >= 0.3 is 0 Å². The Bertz CT molecular complexity index is 1970. The number of benzene rings is 4. The third kappa shape index (κ3) is 2.32. The molecule has 4 aromatic carbocycles. The van der Waals surface area contributed by atoms with E-state index >= 15 is 0 Å². The van der Waals surface area contributed by atoms with Crippen molar-refractivity contribution in [3.63, 3.8) is 0 Å². The number of rotatable bonds is 1. The van der Waals surface area contributed by atoms with E-state index in [0.717, 1.165) is 5.69 Å². The van der Waals surface area contributed by atoms with E-state index in [9.17, 15) is 0 Å². The van der Waals surface area contributed by atoms with Gasteiger partial charge in [0.05, 0.1) is 22.9 Å². The van der Waals surface area contributed by atoms with Crippen LogP contribution in [0.3, 0.4) is 0 Å². The number of fused-ring (bicyclic) bond motifs is 12. The second kappa shape index (κ2) is 6.59. The average molecular weight is 467 g/mol. The topological polar surface area (TPSA) is 17.8 Å². The first-order valence-corrected chi connectivity index (χ1v) is 12.9. The summed E-state index contributed by atoms with van der Waals surface area (Å²) in [6.07, 6.45) is 3.84. The summed E-state index contributed by atoms with van der Waals surface area (Å²) < 4.78 is 5.17. The molecule has 7 aromatic rings. The summed E-state index contributed by atoms with van der Waals surface area (Å²) >= 11 is 1.93. The predicted molar refractivity (Wildman–Crippen MR) is 149 cm³/mol. The van der Waals surface area contributed by atoms with Gasteiger partial charge in [0.1, 0.15) is 0 Å². The quantitative estimate of drug-likeness (QED) is 0.236. The van der Waals surface area contributed by atoms with Gasteiger partial charge in [-0.1, -0.05) is 74.5 Å². The second-order valence-electron chi connectivity index (χ2n) is 10.0. The highest BCUT2D eigenvalue weighted by Gasteiger charge is 2.40. The number of thiophene rings is 1. The zero-order valence-corrected chi connectivity index (χ0v) is 20.4. The van der Waals surface area contributed by atoms with Crippen LogP contribution in [0, 0.1) is 0 Å². The molecule has 0 fully saturated rings. The summed E-state index contributed by atoms with van der Waals surface area (Å²) in [5.74, 6) is 0. The second-order valence-corrected chi connectivity index (χ2v) is 11.1. The lowest BCUT2D eigenvalue weighted by atomic mass is 9.80. The van der Waals surface area contributed by atoms with Gasteiger partial charge in [0, 0.05) is 48.1 Å². The lowest BCUT2D eigenvalue weighted by Crippen LogP contribution is -2.15. The maximum atomic E-state index is 4.50. The molecule has 0 N–H and O–H groups in total. The molecule has 0 aliphatic heterocycles. The Balaban J connectivity index is 1.76. The highest BCUT2D eigenvalue weighted by atomic mass is 32.1. The van der Waals surface area contributed by atoms with Crippen LogP contribution < -0.4 is 0 Å². The van der Waals surface area contributed by atoms with Crippen LogP contribution in [-0.2, 0) is 5.41 Å². The third-order valence-electron chi connectivity index (χ3n) is 7.83. The summed E-state index contributed by atoms with van der Waals surface area (Å²) in [7, 11) is 0. The van der Waals surface area contributed by atoms with E-state index in [4.69, 9.17) is 0 Å². The van der Waals surface area contributed by atoms with Gasteiger partial charge in [-0.25, -0.2) is 0 Å². The third-order valence-corrected chi connectivity index (χ3v) is 9.02. The van der Waals surface area contributed by atoms with Gasteiger partial charge in [0.25, 0.3) is 0 Å². The first-order valence-electron chi connectivity index (χ1n) is 12.1. The van der Waals surface area contributed by atoms with Gasteiger partial charge in [0.15, 0.2) is 0 Å². The van der Waals surface area contributed by atoms with Crippen LogP contribution in [-0.4, -0.2) is 9.55 Å². The molecule has 166 valence electrons. The normalized spacial score (nSPS) is 14.2. The zero-order valence-electron chi connectivity index (χ0n) is 19.5. The first-order chi connectivity index (χ1) is 17.2. The van der Waals surface area contributed by atoms with Crippen molar-refractivity contribution < 1.29 is 0 Å². The molecule has 3 heteroatoms. The molecular formula is C32H22N2S. The molecule has 0 atom stereocenters. The van der Waals surface area contributed by atoms with Crippen LogP contribution in [0.15, 0.2) is 97.3 Å². The highest BCUT2D eigenvalue weighted by molar-refractivity contribution is 7.26. The number of para-hydroxylation sites is 1. The molecule has 1 aliphatic carbocycles. The van der Waals surface area contributed by atoms with Crippen molar-refractivity contribution >= 4 is 53.3 Å². The standard InChI is InChI=1S/C32H22N2S/c1-32(2)23-14-6-3-11-20(23)27-29(32)26-21-12-4-7-15-24(21)34(19-10-9-17-33-18-19)30(26)28-22-13-5-8-16-25(22)35-31(27)28/h3-18H,1-2H3. The molecule has 0 saturated heterocycles. The number of nitrogens with zero attached hydrogens (tertiary/aromatic N) is 2. The van der Waals surface area contributed by atoms with Crippen molar-refractivity contribution in [1.82, 2.24) is 9.55 Å². The highest BCUT2D eigenvalue weighted by Crippen LogP contribution is 2.58. The Kier molecular flexibility index (Phi) is 3.64. The maximum Gasteiger partial charge on any atom is 0.0645 e. The Morgan fingerprint density at radius 3 is 2.40 bits per heavy atom. The van der Waals surface area contributed by atoms with E-state index in [-0.39, 0.29) is 5.41 Å². The SMILES string of the molecule is CC1(C)c2ccccc2-c2c1c1c3ccccc3n(-c3cccnc3)c1c1c2sc2ccccc21. The Morgan fingerprint density at radius 1 is 0.771 bits per heavy atom. The van der Waals surface area contributed by atoms with Crippen molar-refractivity contribution in [2.45, 2.75) is 19.3 Å². The molecule has 0 radical (unpaired) electrons. The number of hydrogen-bond acceptors (Lipinski definition) is 2. The van der Waals surface area contributed by atoms with Crippen LogP contribution in [0.5, 0.6) is 0 Å². The molecule has 8 rings (SSSR count). The van der Waals surface area contributed by atoms with E-state index < -0.39 is 0 Å². The molecule has 0 amide bonds. The minimum atomic E-state index is -0.0988. The fraction of sp³-hybridized carbons (Fsp3) is 0.0938. The molecular weight excluding hydrogens is 444 g/mol. The van der Waals surface area contributed by atoms with E-state index in [2.05, 4.69) is 102 Å². The van der Waals surface area contributed by atoms with Crippen molar-refractivity contribution in [2.24, 2.45) is 0 Å². The summed E-state index contributed by atoms with van der Waals surface area (Å²) in [5, 5.41) is 5.36. The minimum absolute atomic E-state index is 0.0988. The number of hydrogen-bond donors (Lipinski definition) is 0.